The molecule has 0 aliphatic carbocycles. The minimum Gasteiger partial charge on any atom is -0.508 e. The molecule has 1 atom stereocenters. The lowest BCUT2D eigenvalue weighted by molar-refractivity contribution is 0.0538. The van der Waals surface area contributed by atoms with Gasteiger partial charge in [0.15, 0.2) is 0 Å². The van der Waals surface area contributed by atoms with Crippen molar-refractivity contribution in [1.82, 2.24) is 5.32 Å². The molecule has 1 aromatic rings. The molecule has 2 N–H and O–H groups in total. The third-order valence-electron chi connectivity index (χ3n) is 3.86. The summed E-state index contributed by atoms with van der Waals surface area (Å²) >= 11 is 0. The van der Waals surface area contributed by atoms with Gasteiger partial charge < -0.3 is 15.2 Å². The summed E-state index contributed by atoms with van der Waals surface area (Å²) in [7, 11) is 0. The lowest BCUT2D eigenvalue weighted by atomic mass is 9.87. The molecule has 1 aliphatic rings. The molecule has 0 spiro atoms. The van der Waals surface area contributed by atoms with Crippen molar-refractivity contribution in [2.24, 2.45) is 5.92 Å². The smallest absolute Gasteiger partial charge is 0.115 e. The van der Waals surface area contributed by atoms with Gasteiger partial charge in [0.25, 0.3) is 0 Å². The Labute approximate surface area is 116 Å². The van der Waals surface area contributed by atoms with Crippen LogP contribution in [0.1, 0.15) is 31.7 Å². The second-order valence-electron chi connectivity index (χ2n) is 5.38. The van der Waals surface area contributed by atoms with Crippen molar-refractivity contribution in [3.05, 3.63) is 29.8 Å². The highest BCUT2D eigenvalue weighted by atomic mass is 16.5. The van der Waals surface area contributed by atoms with Crippen molar-refractivity contribution in [1.29, 1.82) is 0 Å². The average Bonchev–Trinajstić information content (AvgIpc) is 2.44. The molecule has 3 heteroatoms. The van der Waals surface area contributed by atoms with Crippen molar-refractivity contribution >= 4 is 0 Å². The van der Waals surface area contributed by atoms with E-state index in [0.29, 0.717) is 17.7 Å². The quantitative estimate of drug-likeness (QED) is 0.829. The molecule has 0 amide bonds. The summed E-state index contributed by atoms with van der Waals surface area (Å²) in [6.07, 6.45) is 4.42. The Morgan fingerprint density at radius 3 is 2.84 bits per heavy atom. The van der Waals surface area contributed by atoms with E-state index in [0.717, 1.165) is 45.4 Å². The maximum atomic E-state index is 9.57. The molecule has 0 radical (unpaired) electrons. The Bertz CT molecular complexity index is 375. The summed E-state index contributed by atoms with van der Waals surface area (Å²) in [5.41, 5.74) is 1.21. The van der Waals surface area contributed by atoms with Crippen molar-refractivity contribution in [3.8, 4) is 5.75 Å². The third-order valence-corrected chi connectivity index (χ3v) is 3.86. The van der Waals surface area contributed by atoms with E-state index in [9.17, 15) is 5.11 Å². The first kappa shape index (κ1) is 14.4. The van der Waals surface area contributed by atoms with E-state index in [4.69, 9.17) is 4.74 Å². The Balaban J connectivity index is 1.99. The van der Waals surface area contributed by atoms with Crippen LogP contribution in [-0.2, 0) is 11.2 Å². The van der Waals surface area contributed by atoms with E-state index in [1.165, 1.54) is 5.56 Å². The topological polar surface area (TPSA) is 41.5 Å². The van der Waals surface area contributed by atoms with Gasteiger partial charge in [-0.15, -0.1) is 0 Å². The number of hydrogen-bond acceptors (Lipinski definition) is 3. The summed E-state index contributed by atoms with van der Waals surface area (Å²) in [5, 5.41) is 13.2. The van der Waals surface area contributed by atoms with Crippen LogP contribution in [0.25, 0.3) is 0 Å². The van der Waals surface area contributed by atoms with Crippen LogP contribution in [0.4, 0.5) is 0 Å². The van der Waals surface area contributed by atoms with E-state index in [1.807, 2.05) is 12.1 Å². The molecule has 106 valence electrons. The summed E-state index contributed by atoms with van der Waals surface area (Å²) in [6.45, 7) is 5.02. The third kappa shape index (κ3) is 4.51. The first-order chi connectivity index (χ1) is 9.29. The van der Waals surface area contributed by atoms with E-state index in [1.54, 1.807) is 6.07 Å². The molecule has 0 saturated carbocycles. The fraction of sp³-hybridized carbons (Fsp3) is 0.625. The first-order valence-corrected chi connectivity index (χ1v) is 7.38. The van der Waals surface area contributed by atoms with Crippen molar-refractivity contribution < 1.29 is 9.84 Å². The van der Waals surface area contributed by atoms with Crippen LogP contribution in [0.15, 0.2) is 24.3 Å². The Kier molecular flexibility index (Phi) is 5.67. The summed E-state index contributed by atoms with van der Waals surface area (Å²) in [5.74, 6) is 1.04. The number of benzene rings is 1. The number of hydrogen-bond donors (Lipinski definition) is 2. The monoisotopic (exact) mass is 263 g/mol. The van der Waals surface area contributed by atoms with Gasteiger partial charge in [-0.2, -0.15) is 0 Å². The lowest BCUT2D eigenvalue weighted by Crippen LogP contribution is -2.41. The zero-order chi connectivity index (χ0) is 13.5. The summed E-state index contributed by atoms with van der Waals surface area (Å²) in [6, 6.07) is 8.11. The Hall–Kier alpha value is -1.06. The molecule has 0 aromatic heterocycles. The van der Waals surface area contributed by atoms with Gasteiger partial charge in [0.05, 0.1) is 0 Å². The van der Waals surface area contributed by atoms with Crippen molar-refractivity contribution in [3.63, 3.8) is 0 Å². The number of phenols is 1. The number of phenolic OH excluding ortho intramolecular Hbond substituents is 1. The fourth-order valence-electron chi connectivity index (χ4n) is 2.79. The largest absolute Gasteiger partial charge is 0.508 e. The molecule has 19 heavy (non-hydrogen) atoms. The van der Waals surface area contributed by atoms with Gasteiger partial charge in [0.1, 0.15) is 5.75 Å². The highest BCUT2D eigenvalue weighted by molar-refractivity contribution is 5.27. The second-order valence-corrected chi connectivity index (χ2v) is 5.38. The molecule has 0 bridgehead atoms. The van der Waals surface area contributed by atoms with Crippen LogP contribution < -0.4 is 5.32 Å². The van der Waals surface area contributed by atoms with Crippen LogP contribution in [-0.4, -0.2) is 30.9 Å². The van der Waals surface area contributed by atoms with Gasteiger partial charge >= 0.3 is 0 Å². The SMILES string of the molecule is CCCNC(Cc1cccc(O)c1)C1CCOCC1. The van der Waals surface area contributed by atoms with Gasteiger partial charge in [0, 0.05) is 19.3 Å². The first-order valence-electron chi connectivity index (χ1n) is 7.38. The normalized spacial score (nSPS) is 18.4. The van der Waals surface area contributed by atoms with Gasteiger partial charge in [-0.05, 0) is 55.8 Å². The Morgan fingerprint density at radius 2 is 2.16 bits per heavy atom. The number of rotatable bonds is 6. The lowest BCUT2D eigenvalue weighted by Gasteiger charge is -2.31. The van der Waals surface area contributed by atoms with E-state index >= 15 is 0 Å². The molecule has 1 fully saturated rings. The molecule has 1 saturated heterocycles. The van der Waals surface area contributed by atoms with E-state index < -0.39 is 0 Å². The van der Waals surface area contributed by atoms with Gasteiger partial charge in [-0.1, -0.05) is 19.1 Å². The molecule has 3 nitrogen and oxygen atoms in total. The minimum atomic E-state index is 0.360. The predicted octanol–water partition coefficient (Wildman–Crippen LogP) is 2.73. The molecule has 2 rings (SSSR count). The predicted molar refractivity (Wildman–Crippen MR) is 77.4 cm³/mol. The highest BCUT2D eigenvalue weighted by Crippen LogP contribution is 2.22. The number of nitrogens with one attached hydrogen (secondary N) is 1. The molecular weight excluding hydrogens is 238 g/mol. The summed E-state index contributed by atoms with van der Waals surface area (Å²) < 4.78 is 5.46. The Morgan fingerprint density at radius 1 is 1.37 bits per heavy atom. The molecule has 1 aliphatic heterocycles. The van der Waals surface area contributed by atoms with Gasteiger partial charge in [-0.25, -0.2) is 0 Å². The van der Waals surface area contributed by atoms with E-state index in [2.05, 4.69) is 18.3 Å². The standard InChI is InChI=1S/C16H25NO2/c1-2-8-17-16(14-6-9-19-10-7-14)12-13-4-3-5-15(18)11-13/h3-5,11,14,16-18H,2,6-10,12H2,1H3. The number of ether oxygens (including phenoxy) is 1. The number of aromatic hydroxyl groups is 1. The van der Waals surface area contributed by atoms with Crippen LogP contribution in [0.3, 0.4) is 0 Å². The van der Waals surface area contributed by atoms with Crippen LogP contribution >= 0.6 is 0 Å². The molecule has 1 aromatic carbocycles. The average molecular weight is 263 g/mol. The maximum absolute atomic E-state index is 9.57. The highest BCUT2D eigenvalue weighted by Gasteiger charge is 2.23. The maximum Gasteiger partial charge on any atom is 0.115 e. The molecule has 1 heterocycles. The zero-order valence-corrected chi connectivity index (χ0v) is 11.8. The van der Waals surface area contributed by atoms with Gasteiger partial charge in [-0.3, -0.25) is 0 Å². The molecule has 1 unspecified atom stereocenters. The van der Waals surface area contributed by atoms with Crippen LogP contribution in [0, 0.1) is 5.92 Å². The van der Waals surface area contributed by atoms with Gasteiger partial charge in [0.2, 0.25) is 0 Å². The minimum absolute atomic E-state index is 0.360. The van der Waals surface area contributed by atoms with E-state index in [-0.39, 0.29) is 0 Å². The fourth-order valence-corrected chi connectivity index (χ4v) is 2.79. The summed E-state index contributed by atoms with van der Waals surface area (Å²) in [4.78, 5) is 0. The zero-order valence-electron chi connectivity index (χ0n) is 11.8. The van der Waals surface area contributed by atoms with Crippen LogP contribution in [0.2, 0.25) is 0 Å². The van der Waals surface area contributed by atoms with Crippen molar-refractivity contribution in [2.45, 2.75) is 38.6 Å². The van der Waals surface area contributed by atoms with Crippen molar-refractivity contribution in [2.75, 3.05) is 19.8 Å². The van der Waals surface area contributed by atoms with Crippen LogP contribution in [0.5, 0.6) is 5.75 Å². The molecular formula is C16H25NO2. The second kappa shape index (κ2) is 7.51.